The zero-order valence-electron chi connectivity index (χ0n) is 21.0. The van der Waals surface area contributed by atoms with Crippen molar-refractivity contribution in [2.75, 3.05) is 38.0 Å². The van der Waals surface area contributed by atoms with Gasteiger partial charge in [-0.25, -0.2) is 4.79 Å². The van der Waals surface area contributed by atoms with E-state index in [0.717, 1.165) is 37.3 Å². The fourth-order valence-electron chi connectivity index (χ4n) is 4.39. The van der Waals surface area contributed by atoms with Gasteiger partial charge >= 0.3 is 12.2 Å². The van der Waals surface area contributed by atoms with Crippen LogP contribution in [0.25, 0.3) is 0 Å². The third kappa shape index (κ3) is 7.82. The molecule has 0 aromatic heterocycles. The number of rotatable bonds is 8. The number of nitrogens with zero attached hydrogens (tertiary/aromatic N) is 3. The summed E-state index contributed by atoms with van der Waals surface area (Å²) in [4.78, 5) is 31.7. The standard InChI is InChI=1S/C29H31F3N4O2/c30-29(31,32)25-11-13-26(14-12-25)33-28(38)36(22-24-9-5-2-6-10-24)16-15-27(37)35-19-17-34(18-20-35)21-23-7-3-1-4-8-23/h1-14H,15-22H2,(H,33,38). The van der Waals surface area contributed by atoms with Crippen LogP contribution in [0.5, 0.6) is 0 Å². The summed E-state index contributed by atoms with van der Waals surface area (Å²) < 4.78 is 38.6. The van der Waals surface area contributed by atoms with Gasteiger partial charge in [-0.05, 0) is 35.4 Å². The number of hydrogen-bond acceptors (Lipinski definition) is 3. The van der Waals surface area contributed by atoms with Crippen molar-refractivity contribution in [1.82, 2.24) is 14.7 Å². The number of carbonyl (C=O) groups excluding carboxylic acids is 2. The fourth-order valence-corrected chi connectivity index (χ4v) is 4.39. The lowest BCUT2D eigenvalue weighted by molar-refractivity contribution is -0.137. The Morgan fingerprint density at radius 1 is 0.789 bits per heavy atom. The van der Waals surface area contributed by atoms with E-state index in [9.17, 15) is 22.8 Å². The summed E-state index contributed by atoms with van der Waals surface area (Å²) >= 11 is 0. The van der Waals surface area contributed by atoms with Crippen LogP contribution in [0.2, 0.25) is 0 Å². The first-order valence-electron chi connectivity index (χ1n) is 12.6. The van der Waals surface area contributed by atoms with Crippen molar-refractivity contribution in [1.29, 1.82) is 0 Å². The van der Waals surface area contributed by atoms with Gasteiger partial charge in [-0.15, -0.1) is 0 Å². The Balaban J connectivity index is 1.33. The molecule has 1 saturated heterocycles. The predicted molar refractivity (Wildman–Crippen MR) is 140 cm³/mol. The van der Waals surface area contributed by atoms with Crippen molar-refractivity contribution >= 4 is 17.6 Å². The van der Waals surface area contributed by atoms with Crippen LogP contribution in [0.1, 0.15) is 23.1 Å². The molecule has 1 aliphatic heterocycles. The lowest BCUT2D eigenvalue weighted by Gasteiger charge is -2.35. The lowest BCUT2D eigenvalue weighted by atomic mass is 10.2. The number of alkyl halides is 3. The second-order valence-electron chi connectivity index (χ2n) is 9.30. The molecule has 0 bridgehead atoms. The Kier molecular flexibility index (Phi) is 9.02. The van der Waals surface area contributed by atoms with Gasteiger partial charge in [-0.1, -0.05) is 60.7 Å². The molecule has 3 aromatic rings. The van der Waals surface area contributed by atoms with Crippen LogP contribution in [0.4, 0.5) is 23.7 Å². The van der Waals surface area contributed by atoms with E-state index in [1.807, 2.05) is 53.4 Å². The van der Waals surface area contributed by atoms with E-state index >= 15 is 0 Å². The number of piperazine rings is 1. The van der Waals surface area contributed by atoms with Crippen molar-refractivity contribution in [3.63, 3.8) is 0 Å². The molecular weight excluding hydrogens is 493 g/mol. The van der Waals surface area contributed by atoms with Crippen molar-refractivity contribution in [2.24, 2.45) is 0 Å². The fraction of sp³-hybridized carbons (Fsp3) is 0.310. The first-order valence-corrected chi connectivity index (χ1v) is 12.6. The monoisotopic (exact) mass is 524 g/mol. The normalized spacial score (nSPS) is 14.2. The molecule has 3 aromatic carbocycles. The maximum Gasteiger partial charge on any atom is 0.416 e. The van der Waals surface area contributed by atoms with Crippen molar-refractivity contribution in [3.05, 3.63) is 102 Å². The second kappa shape index (κ2) is 12.6. The molecule has 0 aliphatic carbocycles. The highest BCUT2D eigenvalue weighted by atomic mass is 19.4. The average Bonchev–Trinajstić information content (AvgIpc) is 2.92. The predicted octanol–water partition coefficient (Wildman–Crippen LogP) is 5.47. The molecular formula is C29H31F3N4O2. The van der Waals surface area contributed by atoms with Gasteiger partial charge < -0.3 is 15.1 Å². The van der Waals surface area contributed by atoms with E-state index in [0.29, 0.717) is 13.1 Å². The third-order valence-corrected chi connectivity index (χ3v) is 6.54. The van der Waals surface area contributed by atoms with Gasteiger partial charge in [0.25, 0.3) is 0 Å². The van der Waals surface area contributed by atoms with Crippen molar-refractivity contribution < 1.29 is 22.8 Å². The van der Waals surface area contributed by atoms with Gasteiger partial charge in [0.05, 0.1) is 5.56 Å². The summed E-state index contributed by atoms with van der Waals surface area (Å²) in [6.07, 6.45) is -4.29. The van der Waals surface area contributed by atoms with Crippen LogP contribution >= 0.6 is 0 Å². The Morgan fingerprint density at radius 2 is 1.37 bits per heavy atom. The third-order valence-electron chi connectivity index (χ3n) is 6.54. The minimum Gasteiger partial charge on any atom is -0.340 e. The van der Waals surface area contributed by atoms with Crippen LogP contribution in [-0.2, 0) is 24.1 Å². The molecule has 4 rings (SSSR count). The summed E-state index contributed by atoms with van der Waals surface area (Å²) in [6.45, 7) is 4.11. The Hall–Kier alpha value is -3.85. The quantitative estimate of drug-likeness (QED) is 0.425. The minimum atomic E-state index is -4.45. The van der Waals surface area contributed by atoms with Crippen LogP contribution in [0.3, 0.4) is 0 Å². The van der Waals surface area contributed by atoms with E-state index in [1.165, 1.54) is 22.6 Å². The largest absolute Gasteiger partial charge is 0.416 e. The second-order valence-corrected chi connectivity index (χ2v) is 9.30. The van der Waals surface area contributed by atoms with Gasteiger partial charge in [0, 0.05) is 57.9 Å². The Labute approximate surface area is 220 Å². The first-order chi connectivity index (χ1) is 18.3. The van der Waals surface area contributed by atoms with Gasteiger partial charge in [0.2, 0.25) is 5.91 Å². The summed E-state index contributed by atoms with van der Waals surface area (Å²) in [5, 5.41) is 2.66. The van der Waals surface area contributed by atoms with Crippen molar-refractivity contribution in [2.45, 2.75) is 25.7 Å². The van der Waals surface area contributed by atoms with E-state index in [1.54, 1.807) is 0 Å². The van der Waals surface area contributed by atoms with Crippen LogP contribution in [0.15, 0.2) is 84.9 Å². The number of urea groups is 1. The Bertz CT molecular complexity index is 1180. The number of halogens is 3. The summed E-state index contributed by atoms with van der Waals surface area (Å²) in [5.74, 6) is -0.0234. The molecule has 38 heavy (non-hydrogen) atoms. The minimum absolute atomic E-state index is 0.0234. The summed E-state index contributed by atoms with van der Waals surface area (Å²) in [7, 11) is 0. The molecule has 1 fully saturated rings. The molecule has 200 valence electrons. The highest BCUT2D eigenvalue weighted by molar-refractivity contribution is 5.89. The van der Waals surface area contributed by atoms with E-state index in [4.69, 9.17) is 0 Å². The molecule has 0 radical (unpaired) electrons. The van der Waals surface area contributed by atoms with Crippen LogP contribution in [0, 0.1) is 0 Å². The molecule has 1 N–H and O–H groups in total. The molecule has 9 heteroatoms. The zero-order valence-corrected chi connectivity index (χ0v) is 21.0. The van der Waals surface area contributed by atoms with Gasteiger partial charge in [0.1, 0.15) is 0 Å². The van der Waals surface area contributed by atoms with E-state index in [-0.39, 0.29) is 31.1 Å². The number of benzene rings is 3. The topological polar surface area (TPSA) is 55.9 Å². The molecule has 0 atom stereocenters. The number of nitrogens with one attached hydrogen (secondary N) is 1. The molecule has 3 amide bonds. The smallest absolute Gasteiger partial charge is 0.340 e. The van der Waals surface area contributed by atoms with Gasteiger partial charge in [0.15, 0.2) is 0 Å². The highest BCUT2D eigenvalue weighted by Crippen LogP contribution is 2.29. The number of anilines is 1. The average molecular weight is 525 g/mol. The molecule has 0 spiro atoms. The van der Waals surface area contributed by atoms with Gasteiger partial charge in [-0.3, -0.25) is 9.69 Å². The molecule has 1 aliphatic rings. The van der Waals surface area contributed by atoms with E-state index < -0.39 is 17.8 Å². The molecule has 0 saturated carbocycles. The van der Waals surface area contributed by atoms with Crippen molar-refractivity contribution in [3.8, 4) is 0 Å². The maximum absolute atomic E-state index is 13.1. The lowest BCUT2D eigenvalue weighted by Crippen LogP contribution is -2.49. The maximum atomic E-state index is 13.1. The van der Waals surface area contributed by atoms with Crippen LogP contribution < -0.4 is 5.32 Å². The first kappa shape index (κ1) is 27.2. The molecule has 6 nitrogen and oxygen atoms in total. The summed E-state index contributed by atoms with van der Waals surface area (Å²) in [6, 6.07) is 23.4. The highest BCUT2D eigenvalue weighted by Gasteiger charge is 2.30. The summed E-state index contributed by atoms with van der Waals surface area (Å²) in [5.41, 5.74) is 1.59. The SMILES string of the molecule is O=C(CCN(Cc1ccccc1)C(=O)Nc1ccc(C(F)(F)F)cc1)N1CCN(Cc2ccccc2)CC1. The number of hydrogen-bond donors (Lipinski definition) is 1. The van der Waals surface area contributed by atoms with Crippen LogP contribution in [-0.4, -0.2) is 59.4 Å². The van der Waals surface area contributed by atoms with Gasteiger partial charge in [-0.2, -0.15) is 13.2 Å². The molecule has 0 unspecified atom stereocenters. The number of amides is 3. The molecule has 1 heterocycles. The van der Waals surface area contributed by atoms with E-state index in [2.05, 4.69) is 22.3 Å². The zero-order chi connectivity index (χ0) is 27.0. The number of carbonyl (C=O) groups is 2. The Morgan fingerprint density at radius 3 is 1.95 bits per heavy atom.